The third-order valence-corrected chi connectivity index (χ3v) is 4.40. The molecule has 0 amide bonds. The molecule has 0 radical (unpaired) electrons. The second kappa shape index (κ2) is 8.63. The molecule has 3 rings (SSSR count). The Hall–Kier alpha value is -2.15. The van der Waals surface area contributed by atoms with E-state index in [9.17, 15) is 4.79 Å². The van der Waals surface area contributed by atoms with E-state index in [-0.39, 0.29) is 11.7 Å². The number of hydrogen-bond acceptors (Lipinski definition) is 5. The van der Waals surface area contributed by atoms with Gasteiger partial charge in [-0.3, -0.25) is 4.79 Å². The van der Waals surface area contributed by atoms with Crippen molar-refractivity contribution in [2.75, 3.05) is 26.2 Å². The summed E-state index contributed by atoms with van der Waals surface area (Å²) in [6.07, 6.45) is 4.81. The first-order valence-corrected chi connectivity index (χ1v) is 8.33. The van der Waals surface area contributed by atoms with E-state index in [4.69, 9.17) is 20.1 Å². The van der Waals surface area contributed by atoms with E-state index in [1.54, 1.807) is 0 Å². The zero-order chi connectivity index (χ0) is 17.5. The first kappa shape index (κ1) is 18.2. The van der Waals surface area contributed by atoms with Gasteiger partial charge in [0.25, 0.3) is 5.09 Å². The van der Waals surface area contributed by atoms with Crippen LogP contribution in [-0.4, -0.2) is 47.2 Å². The lowest BCUT2D eigenvalue weighted by Gasteiger charge is -2.28. The third kappa shape index (κ3) is 5.19. The fourth-order valence-electron chi connectivity index (χ4n) is 3.24. The van der Waals surface area contributed by atoms with Gasteiger partial charge in [-0.2, -0.15) is 0 Å². The molecular weight excluding hydrogens is 312 g/mol. The molecule has 0 spiro atoms. The lowest BCUT2D eigenvalue weighted by molar-refractivity contribution is -0.742. The first-order valence-electron chi connectivity index (χ1n) is 8.33. The van der Waals surface area contributed by atoms with Crippen molar-refractivity contribution in [1.82, 2.24) is 4.90 Å². The molecule has 1 atom stereocenters. The molecule has 0 aliphatic carbocycles. The molecule has 1 aromatic rings. The van der Waals surface area contributed by atoms with Crippen molar-refractivity contribution in [1.29, 1.82) is 0 Å². The molecule has 7 nitrogen and oxygen atoms in total. The monoisotopic (exact) mass is 336 g/mol. The van der Waals surface area contributed by atoms with Gasteiger partial charge in [0.15, 0.2) is 5.78 Å². The van der Waals surface area contributed by atoms with Crippen LogP contribution in [0.1, 0.15) is 42.1 Å². The Kier molecular flexibility index (Phi) is 6.54. The van der Waals surface area contributed by atoms with E-state index in [0.717, 1.165) is 44.0 Å². The number of ketones is 1. The predicted molar refractivity (Wildman–Crippen MR) is 88.2 cm³/mol. The van der Waals surface area contributed by atoms with Gasteiger partial charge in [0, 0.05) is 24.4 Å². The highest BCUT2D eigenvalue weighted by Crippen LogP contribution is 2.27. The Bertz CT molecular complexity index is 580. The molecule has 0 bridgehead atoms. The predicted octanol–water partition coefficient (Wildman–Crippen LogP) is 2.58. The van der Waals surface area contributed by atoms with Gasteiger partial charge in [0.1, 0.15) is 5.75 Å². The summed E-state index contributed by atoms with van der Waals surface area (Å²) in [4.78, 5) is 23.3. The highest BCUT2D eigenvalue weighted by Gasteiger charge is 2.21. The van der Waals surface area contributed by atoms with E-state index in [1.165, 1.54) is 24.8 Å². The van der Waals surface area contributed by atoms with Crippen molar-refractivity contribution in [2.45, 2.75) is 32.6 Å². The van der Waals surface area contributed by atoms with Crippen LogP contribution in [0.25, 0.3) is 0 Å². The van der Waals surface area contributed by atoms with Gasteiger partial charge in [0.05, 0.1) is 6.61 Å². The number of fused-ring (bicyclic) bond motifs is 1. The molecule has 1 N–H and O–H groups in total. The average Bonchev–Trinajstić information content (AvgIpc) is 3.02. The van der Waals surface area contributed by atoms with Gasteiger partial charge >= 0.3 is 0 Å². The van der Waals surface area contributed by atoms with Crippen LogP contribution >= 0.6 is 0 Å². The minimum absolute atomic E-state index is 0.0773. The maximum Gasteiger partial charge on any atom is 0.291 e. The molecule has 0 aromatic heterocycles. The van der Waals surface area contributed by atoms with Crippen LogP contribution in [0.4, 0.5) is 0 Å². The molecule has 2 heterocycles. The summed E-state index contributed by atoms with van der Waals surface area (Å²) in [7, 11) is 0. The number of piperidine rings is 1. The van der Waals surface area contributed by atoms with Crippen molar-refractivity contribution < 1.29 is 19.8 Å². The zero-order valence-corrected chi connectivity index (χ0v) is 13.9. The number of hydrogen-bond donors (Lipinski definition) is 1. The van der Waals surface area contributed by atoms with Gasteiger partial charge in [-0.25, -0.2) is 0 Å². The van der Waals surface area contributed by atoms with E-state index in [0.29, 0.717) is 0 Å². The molecule has 1 saturated heterocycles. The molecular formula is C17H24N2O5. The smallest absolute Gasteiger partial charge is 0.291 e. The standard InChI is InChI=1S/C17H23NO2.HNO3/c1-13(12-18-8-3-2-4-9-18)17(19)15-5-6-16-14(11-15)7-10-20-16;2-1(3)4/h5-6,11,13H,2-4,7-10,12H2,1H3;(H,2,3,4). The van der Waals surface area contributed by atoms with E-state index in [1.807, 2.05) is 18.2 Å². The van der Waals surface area contributed by atoms with Gasteiger partial charge in [0.2, 0.25) is 0 Å². The SMILES string of the molecule is CC(CN1CCCCC1)C(=O)c1ccc2c(c1)CCO2.O=[N+]([O-])O. The summed E-state index contributed by atoms with van der Waals surface area (Å²) >= 11 is 0. The number of likely N-dealkylation sites (tertiary alicyclic amines) is 1. The maximum atomic E-state index is 12.6. The van der Waals surface area contributed by atoms with Crippen molar-refractivity contribution >= 4 is 5.78 Å². The topological polar surface area (TPSA) is 92.9 Å². The molecule has 132 valence electrons. The van der Waals surface area contributed by atoms with Gasteiger partial charge < -0.3 is 14.8 Å². The van der Waals surface area contributed by atoms with Crippen LogP contribution in [0, 0.1) is 16.0 Å². The van der Waals surface area contributed by atoms with Crippen molar-refractivity contribution in [3.05, 3.63) is 39.4 Å². The molecule has 2 aliphatic rings. The molecule has 24 heavy (non-hydrogen) atoms. The van der Waals surface area contributed by atoms with Gasteiger partial charge in [-0.05, 0) is 49.7 Å². The molecule has 1 fully saturated rings. The summed E-state index contributed by atoms with van der Waals surface area (Å²) in [5.41, 5.74) is 2.03. The first-order chi connectivity index (χ1) is 11.5. The second-order valence-corrected chi connectivity index (χ2v) is 6.29. The van der Waals surface area contributed by atoms with E-state index in [2.05, 4.69) is 11.8 Å². The normalized spacial score (nSPS) is 17.9. The van der Waals surface area contributed by atoms with E-state index < -0.39 is 5.09 Å². The van der Waals surface area contributed by atoms with Crippen LogP contribution in [0.3, 0.4) is 0 Å². The Balaban J connectivity index is 0.000000471. The summed E-state index contributed by atoms with van der Waals surface area (Å²) in [6, 6.07) is 5.89. The molecule has 2 aliphatic heterocycles. The minimum atomic E-state index is -1.50. The van der Waals surface area contributed by atoms with Gasteiger partial charge in [-0.1, -0.05) is 13.3 Å². The van der Waals surface area contributed by atoms with Crippen LogP contribution in [0.2, 0.25) is 0 Å². The lowest BCUT2D eigenvalue weighted by Crippen LogP contribution is -2.35. The number of benzene rings is 1. The lowest BCUT2D eigenvalue weighted by atomic mass is 9.96. The Morgan fingerprint density at radius 1 is 1.38 bits per heavy atom. The van der Waals surface area contributed by atoms with Crippen LogP contribution < -0.4 is 4.74 Å². The number of ether oxygens (including phenoxy) is 1. The fourth-order valence-corrected chi connectivity index (χ4v) is 3.24. The van der Waals surface area contributed by atoms with Crippen LogP contribution in [0.15, 0.2) is 18.2 Å². The average molecular weight is 336 g/mol. The molecule has 0 saturated carbocycles. The molecule has 7 heteroatoms. The van der Waals surface area contributed by atoms with Crippen LogP contribution in [0.5, 0.6) is 5.75 Å². The zero-order valence-electron chi connectivity index (χ0n) is 13.9. The fraction of sp³-hybridized carbons (Fsp3) is 0.588. The van der Waals surface area contributed by atoms with Crippen molar-refractivity contribution in [2.24, 2.45) is 5.92 Å². The highest BCUT2D eigenvalue weighted by molar-refractivity contribution is 5.98. The number of Topliss-reactive ketones (excluding diaryl/α,β-unsaturated/α-hetero) is 1. The van der Waals surface area contributed by atoms with Crippen LogP contribution in [-0.2, 0) is 6.42 Å². The number of rotatable bonds is 4. The second-order valence-electron chi connectivity index (χ2n) is 6.29. The minimum Gasteiger partial charge on any atom is -0.493 e. The molecule has 1 unspecified atom stereocenters. The van der Waals surface area contributed by atoms with E-state index >= 15 is 0 Å². The number of carbonyl (C=O) groups is 1. The molecule has 1 aromatic carbocycles. The van der Waals surface area contributed by atoms with Gasteiger partial charge in [-0.15, -0.1) is 10.1 Å². The number of nitrogens with zero attached hydrogens (tertiary/aromatic N) is 2. The highest BCUT2D eigenvalue weighted by atomic mass is 16.9. The summed E-state index contributed by atoms with van der Waals surface area (Å²) < 4.78 is 5.50. The number of carbonyl (C=O) groups excluding carboxylic acids is 1. The van der Waals surface area contributed by atoms with Crippen molar-refractivity contribution in [3.8, 4) is 5.75 Å². The summed E-state index contributed by atoms with van der Waals surface area (Å²) in [5.74, 6) is 1.30. The largest absolute Gasteiger partial charge is 0.493 e. The van der Waals surface area contributed by atoms with Crippen molar-refractivity contribution in [3.63, 3.8) is 0 Å². The summed E-state index contributed by atoms with van der Waals surface area (Å²) in [5, 5.41) is 13.6. The Morgan fingerprint density at radius 2 is 2.04 bits per heavy atom. The summed E-state index contributed by atoms with van der Waals surface area (Å²) in [6.45, 7) is 5.99. The Labute approximate surface area is 141 Å². The third-order valence-electron chi connectivity index (χ3n) is 4.40. The quantitative estimate of drug-likeness (QED) is 0.516. The Morgan fingerprint density at radius 3 is 2.71 bits per heavy atom. The maximum absolute atomic E-state index is 12.6.